The molecule has 0 unspecified atom stereocenters. The Morgan fingerprint density at radius 1 is 1.64 bits per heavy atom. The summed E-state index contributed by atoms with van der Waals surface area (Å²) < 4.78 is 1.71. The van der Waals surface area contributed by atoms with Crippen LogP contribution < -0.4 is 5.43 Å². The van der Waals surface area contributed by atoms with Crippen molar-refractivity contribution in [2.24, 2.45) is 5.10 Å². The van der Waals surface area contributed by atoms with Gasteiger partial charge < -0.3 is 10.1 Å². The highest BCUT2D eigenvalue weighted by Gasteiger charge is 2.25. The van der Waals surface area contributed by atoms with Crippen LogP contribution in [0, 0.1) is 10.1 Å². The molecule has 11 heteroatoms. The molecule has 116 valence electrons. The third-order valence-corrected chi connectivity index (χ3v) is 3.16. The zero-order valence-electron chi connectivity index (χ0n) is 11.7. The molecule has 0 spiro atoms. The van der Waals surface area contributed by atoms with Crippen LogP contribution in [0.1, 0.15) is 30.0 Å². The molecule has 0 bridgehead atoms. The predicted molar refractivity (Wildman–Crippen MR) is 77.8 cm³/mol. The molecule has 2 aromatic heterocycles. The van der Waals surface area contributed by atoms with E-state index in [0.717, 1.165) is 5.69 Å². The number of aromatic nitrogens is 4. The van der Waals surface area contributed by atoms with Gasteiger partial charge in [-0.05, 0) is 24.8 Å². The van der Waals surface area contributed by atoms with E-state index in [0.29, 0.717) is 12.3 Å². The average Bonchev–Trinajstić information content (AvgIpc) is 3.10. The Kier molecular flexibility index (Phi) is 4.51. The smallest absolute Gasteiger partial charge is 0.358 e. The average molecular weight is 326 g/mol. The van der Waals surface area contributed by atoms with E-state index in [4.69, 9.17) is 11.6 Å². The number of carbonyl (C=O) groups is 1. The summed E-state index contributed by atoms with van der Waals surface area (Å²) >= 11 is 5.72. The first-order valence-electron chi connectivity index (χ1n) is 6.20. The van der Waals surface area contributed by atoms with Crippen molar-refractivity contribution >= 4 is 29.0 Å². The van der Waals surface area contributed by atoms with E-state index < -0.39 is 16.6 Å². The summed E-state index contributed by atoms with van der Waals surface area (Å²) in [6, 6.07) is 1.75. The molecule has 0 atom stereocenters. The Balaban J connectivity index is 2.16. The molecule has 0 fully saturated rings. The number of aryl methyl sites for hydroxylation is 1. The van der Waals surface area contributed by atoms with Crippen LogP contribution in [0.4, 0.5) is 5.82 Å². The number of amides is 1. The van der Waals surface area contributed by atoms with E-state index in [9.17, 15) is 14.9 Å². The molecule has 0 aliphatic rings. The second-order valence-electron chi connectivity index (χ2n) is 4.16. The highest BCUT2D eigenvalue weighted by molar-refractivity contribution is 6.35. The topological polar surface area (TPSA) is 131 Å². The van der Waals surface area contributed by atoms with Crippen LogP contribution >= 0.6 is 11.6 Å². The fraction of sp³-hybridized carbons (Fsp3) is 0.273. The van der Waals surface area contributed by atoms with E-state index in [1.54, 1.807) is 23.9 Å². The Labute approximate surface area is 129 Å². The van der Waals surface area contributed by atoms with Gasteiger partial charge in [0.1, 0.15) is 0 Å². The minimum absolute atomic E-state index is 0.297. The monoisotopic (exact) mass is 325 g/mol. The summed E-state index contributed by atoms with van der Waals surface area (Å²) in [7, 11) is 0. The highest BCUT2D eigenvalue weighted by atomic mass is 35.5. The SMILES string of the molecule is CCn1nccc1C(C)=NNC(=O)c1n[nH]c([N+](=O)[O-])c1Cl. The standard InChI is InChI=1S/C11H12ClN7O3/c1-3-18-7(4-5-13-18)6(2)14-17-11(20)9-8(12)10(16-15-9)19(21)22/h4-5H,3H2,1-2H3,(H,15,16)(H,17,20). The first-order chi connectivity index (χ1) is 10.5. The number of halogens is 1. The molecule has 2 aromatic rings. The first kappa shape index (κ1) is 15.6. The molecule has 0 saturated heterocycles. The normalized spacial score (nSPS) is 11.5. The van der Waals surface area contributed by atoms with Crippen LogP contribution in [-0.2, 0) is 6.54 Å². The molecule has 22 heavy (non-hydrogen) atoms. The van der Waals surface area contributed by atoms with E-state index in [1.165, 1.54) is 0 Å². The molecule has 0 saturated carbocycles. The number of rotatable bonds is 5. The lowest BCUT2D eigenvalue weighted by molar-refractivity contribution is -0.389. The number of hydrazone groups is 1. The van der Waals surface area contributed by atoms with Crippen LogP contribution in [0.3, 0.4) is 0 Å². The fourth-order valence-electron chi connectivity index (χ4n) is 1.73. The minimum atomic E-state index is -0.763. The van der Waals surface area contributed by atoms with Gasteiger partial charge >= 0.3 is 5.82 Å². The lowest BCUT2D eigenvalue weighted by atomic mass is 10.3. The van der Waals surface area contributed by atoms with Gasteiger partial charge in [-0.15, -0.1) is 5.10 Å². The molecule has 2 rings (SSSR count). The van der Waals surface area contributed by atoms with E-state index in [-0.39, 0.29) is 10.7 Å². The van der Waals surface area contributed by atoms with Crippen molar-refractivity contribution in [3.05, 3.63) is 38.8 Å². The molecule has 0 aliphatic heterocycles. The number of hydrogen-bond acceptors (Lipinski definition) is 6. The summed E-state index contributed by atoms with van der Waals surface area (Å²) in [5.74, 6) is -1.30. The van der Waals surface area contributed by atoms with Gasteiger partial charge in [0.2, 0.25) is 0 Å². The summed E-state index contributed by atoms with van der Waals surface area (Å²) in [6.07, 6.45) is 1.62. The molecule has 0 aliphatic carbocycles. The van der Waals surface area contributed by atoms with E-state index in [2.05, 4.69) is 25.8 Å². The zero-order valence-corrected chi connectivity index (χ0v) is 12.5. The predicted octanol–water partition coefficient (Wildman–Crippen LogP) is 1.34. The van der Waals surface area contributed by atoms with Crippen LogP contribution in [0.25, 0.3) is 0 Å². The first-order valence-corrected chi connectivity index (χ1v) is 6.58. The maximum absolute atomic E-state index is 11.9. The third kappa shape index (κ3) is 2.96. The van der Waals surface area contributed by atoms with Crippen molar-refractivity contribution in [3.63, 3.8) is 0 Å². The van der Waals surface area contributed by atoms with Gasteiger partial charge in [-0.1, -0.05) is 16.7 Å². The number of hydrogen-bond donors (Lipinski definition) is 2. The maximum Gasteiger partial charge on any atom is 0.362 e. The Morgan fingerprint density at radius 2 is 2.36 bits per heavy atom. The number of carbonyl (C=O) groups excluding carboxylic acids is 1. The number of nitrogens with zero attached hydrogens (tertiary/aromatic N) is 5. The summed E-state index contributed by atoms with van der Waals surface area (Å²) in [5.41, 5.74) is 3.21. The van der Waals surface area contributed by atoms with Crippen LogP contribution in [0.5, 0.6) is 0 Å². The van der Waals surface area contributed by atoms with Gasteiger partial charge in [-0.2, -0.15) is 10.2 Å². The number of nitro groups is 1. The van der Waals surface area contributed by atoms with Crippen LogP contribution in [0.2, 0.25) is 5.02 Å². The Hall–Kier alpha value is -2.75. The molecular formula is C11H12ClN7O3. The lowest BCUT2D eigenvalue weighted by Gasteiger charge is -2.04. The van der Waals surface area contributed by atoms with Crippen molar-refractivity contribution in [2.45, 2.75) is 20.4 Å². The Bertz CT molecular complexity index is 749. The fourth-order valence-corrected chi connectivity index (χ4v) is 1.97. The van der Waals surface area contributed by atoms with Gasteiger partial charge in [0.05, 0.1) is 11.4 Å². The van der Waals surface area contributed by atoms with Gasteiger partial charge in [0, 0.05) is 12.7 Å². The summed E-state index contributed by atoms with van der Waals surface area (Å²) in [6.45, 7) is 4.27. The minimum Gasteiger partial charge on any atom is -0.358 e. The number of nitrogens with one attached hydrogen (secondary N) is 2. The zero-order chi connectivity index (χ0) is 16.3. The van der Waals surface area contributed by atoms with E-state index in [1.807, 2.05) is 6.92 Å². The molecule has 2 N–H and O–H groups in total. The van der Waals surface area contributed by atoms with Gasteiger partial charge in [0.25, 0.3) is 5.91 Å². The van der Waals surface area contributed by atoms with Gasteiger partial charge in [-0.25, -0.2) is 5.43 Å². The third-order valence-electron chi connectivity index (χ3n) is 2.80. The molecule has 0 radical (unpaired) electrons. The van der Waals surface area contributed by atoms with E-state index >= 15 is 0 Å². The number of aromatic amines is 1. The second-order valence-corrected chi connectivity index (χ2v) is 4.54. The highest BCUT2D eigenvalue weighted by Crippen LogP contribution is 2.24. The lowest BCUT2D eigenvalue weighted by Crippen LogP contribution is -2.21. The van der Waals surface area contributed by atoms with Crippen molar-refractivity contribution in [3.8, 4) is 0 Å². The van der Waals surface area contributed by atoms with Gasteiger partial charge in [0.15, 0.2) is 10.7 Å². The second kappa shape index (κ2) is 6.35. The molecule has 10 nitrogen and oxygen atoms in total. The van der Waals surface area contributed by atoms with Crippen molar-refractivity contribution < 1.29 is 9.72 Å². The molecule has 2 heterocycles. The summed E-state index contributed by atoms with van der Waals surface area (Å²) in [4.78, 5) is 21.8. The van der Waals surface area contributed by atoms with Gasteiger partial charge in [-0.3, -0.25) is 9.48 Å². The van der Waals surface area contributed by atoms with Crippen molar-refractivity contribution in [2.75, 3.05) is 0 Å². The molecule has 0 aromatic carbocycles. The maximum atomic E-state index is 11.9. The quantitative estimate of drug-likeness (QED) is 0.486. The van der Waals surface area contributed by atoms with Crippen molar-refractivity contribution in [1.29, 1.82) is 0 Å². The number of H-pyrrole nitrogens is 1. The van der Waals surface area contributed by atoms with Crippen LogP contribution in [-0.4, -0.2) is 36.5 Å². The van der Waals surface area contributed by atoms with Crippen molar-refractivity contribution in [1.82, 2.24) is 25.4 Å². The largest absolute Gasteiger partial charge is 0.362 e. The molecule has 1 amide bonds. The Morgan fingerprint density at radius 3 is 2.95 bits per heavy atom. The summed E-state index contributed by atoms with van der Waals surface area (Å²) in [5, 5.41) is 23.9. The molecular weight excluding hydrogens is 314 g/mol. The van der Waals surface area contributed by atoms with Crippen LogP contribution in [0.15, 0.2) is 17.4 Å².